The summed E-state index contributed by atoms with van der Waals surface area (Å²) in [5.41, 5.74) is 1.19. The average molecular weight is 207 g/mol. The number of nitrogens with one attached hydrogen (secondary N) is 1. The summed E-state index contributed by atoms with van der Waals surface area (Å²) in [5.74, 6) is -0.916. The molecule has 0 radical (unpaired) electrons. The van der Waals surface area contributed by atoms with E-state index in [1.807, 2.05) is 0 Å². The van der Waals surface area contributed by atoms with Crippen molar-refractivity contribution >= 4 is 11.7 Å². The molecule has 4 heteroatoms. The summed E-state index contributed by atoms with van der Waals surface area (Å²) in [7, 11) is 0. The molecule has 1 aliphatic carbocycles. The molecule has 1 aliphatic rings. The van der Waals surface area contributed by atoms with Crippen LogP contribution in [0.5, 0.6) is 0 Å². The van der Waals surface area contributed by atoms with Crippen LogP contribution in [-0.2, 0) is 0 Å². The van der Waals surface area contributed by atoms with Gasteiger partial charge in [-0.15, -0.1) is 0 Å². The third-order valence-electron chi connectivity index (χ3n) is 2.62. The van der Waals surface area contributed by atoms with E-state index in [9.17, 15) is 4.79 Å². The second kappa shape index (κ2) is 3.90. The number of aromatic carboxylic acids is 1. The summed E-state index contributed by atoms with van der Waals surface area (Å²) in [6.07, 6.45) is 1.35. The van der Waals surface area contributed by atoms with E-state index in [-0.39, 0.29) is 11.7 Å². The van der Waals surface area contributed by atoms with Crippen LogP contribution in [-0.4, -0.2) is 28.3 Å². The molecule has 0 spiro atoms. The lowest BCUT2D eigenvalue weighted by Gasteiger charge is -2.32. The lowest BCUT2D eigenvalue weighted by molar-refractivity contribution is 0.0697. The minimum Gasteiger partial charge on any atom is -0.478 e. The predicted octanol–water partition coefficient (Wildman–Crippen LogP) is 1.32. The molecule has 1 fully saturated rings. The van der Waals surface area contributed by atoms with E-state index in [1.54, 1.807) is 24.3 Å². The van der Waals surface area contributed by atoms with Gasteiger partial charge in [-0.3, -0.25) is 0 Å². The number of hydrogen-bond acceptors (Lipinski definition) is 3. The highest BCUT2D eigenvalue weighted by Crippen LogP contribution is 2.23. The molecule has 1 aromatic rings. The SMILES string of the molecule is O=C(O)c1ccc(NC2CC(O)C2)cc1. The van der Waals surface area contributed by atoms with Crippen molar-refractivity contribution in [1.82, 2.24) is 0 Å². The fourth-order valence-corrected chi connectivity index (χ4v) is 1.65. The largest absolute Gasteiger partial charge is 0.478 e. The maximum atomic E-state index is 10.6. The van der Waals surface area contributed by atoms with Crippen molar-refractivity contribution in [2.24, 2.45) is 0 Å². The topological polar surface area (TPSA) is 69.6 Å². The number of carboxylic acid groups (broad SMARTS) is 1. The summed E-state index contributed by atoms with van der Waals surface area (Å²) >= 11 is 0. The van der Waals surface area contributed by atoms with Crippen molar-refractivity contribution < 1.29 is 15.0 Å². The van der Waals surface area contributed by atoms with Crippen LogP contribution in [0.2, 0.25) is 0 Å². The van der Waals surface area contributed by atoms with Crippen LogP contribution < -0.4 is 5.32 Å². The maximum absolute atomic E-state index is 10.6. The molecule has 3 N–H and O–H groups in total. The van der Waals surface area contributed by atoms with E-state index >= 15 is 0 Å². The molecule has 1 saturated carbocycles. The minimum atomic E-state index is -0.916. The van der Waals surface area contributed by atoms with E-state index in [1.165, 1.54) is 0 Å². The summed E-state index contributed by atoms with van der Waals surface area (Å²) in [5, 5.41) is 21.0. The highest BCUT2D eigenvalue weighted by Gasteiger charge is 2.26. The van der Waals surface area contributed by atoms with Crippen LogP contribution in [0.3, 0.4) is 0 Å². The quantitative estimate of drug-likeness (QED) is 0.699. The van der Waals surface area contributed by atoms with Crippen molar-refractivity contribution in [3.8, 4) is 0 Å². The Morgan fingerprint density at radius 1 is 1.27 bits per heavy atom. The van der Waals surface area contributed by atoms with Crippen molar-refractivity contribution in [2.45, 2.75) is 25.0 Å². The number of benzene rings is 1. The Balaban J connectivity index is 1.95. The molecule has 1 aromatic carbocycles. The van der Waals surface area contributed by atoms with Crippen LogP contribution in [0.15, 0.2) is 24.3 Å². The van der Waals surface area contributed by atoms with E-state index in [2.05, 4.69) is 5.32 Å². The zero-order chi connectivity index (χ0) is 10.8. The summed E-state index contributed by atoms with van der Waals surface area (Å²) in [4.78, 5) is 10.6. The molecule has 0 unspecified atom stereocenters. The van der Waals surface area contributed by atoms with Crippen molar-refractivity contribution in [3.63, 3.8) is 0 Å². The van der Waals surface area contributed by atoms with Crippen LogP contribution in [0, 0.1) is 0 Å². The van der Waals surface area contributed by atoms with Gasteiger partial charge in [-0.05, 0) is 37.1 Å². The van der Waals surface area contributed by atoms with Crippen molar-refractivity contribution in [2.75, 3.05) is 5.32 Å². The molecule has 2 rings (SSSR count). The molecule has 0 bridgehead atoms. The highest BCUT2D eigenvalue weighted by molar-refractivity contribution is 5.87. The Kier molecular flexibility index (Phi) is 2.60. The van der Waals surface area contributed by atoms with Gasteiger partial charge in [0.05, 0.1) is 11.7 Å². The number of aliphatic hydroxyl groups is 1. The summed E-state index contributed by atoms with van der Waals surface area (Å²) < 4.78 is 0. The number of carbonyl (C=O) groups is 1. The molecular formula is C11H13NO3. The van der Waals surface area contributed by atoms with Gasteiger partial charge < -0.3 is 15.5 Å². The molecule has 0 aliphatic heterocycles. The van der Waals surface area contributed by atoms with E-state index < -0.39 is 5.97 Å². The van der Waals surface area contributed by atoms with E-state index in [0.29, 0.717) is 6.04 Å². The van der Waals surface area contributed by atoms with Crippen molar-refractivity contribution in [3.05, 3.63) is 29.8 Å². The summed E-state index contributed by atoms with van der Waals surface area (Å²) in [6.45, 7) is 0. The lowest BCUT2D eigenvalue weighted by Crippen LogP contribution is -2.38. The predicted molar refractivity (Wildman–Crippen MR) is 56.1 cm³/mol. The van der Waals surface area contributed by atoms with Crippen LogP contribution in [0.4, 0.5) is 5.69 Å². The Hall–Kier alpha value is -1.55. The third kappa shape index (κ3) is 2.27. The molecular weight excluding hydrogens is 194 g/mol. The molecule has 15 heavy (non-hydrogen) atoms. The highest BCUT2D eigenvalue weighted by atomic mass is 16.4. The first-order valence-electron chi connectivity index (χ1n) is 4.93. The third-order valence-corrected chi connectivity index (χ3v) is 2.62. The second-order valence-corrected chi connectivity index (χ2v) is 3.85. The molecule has 0 aromatic heterocycles. The molecule has 0 amide bonds. The molecule has 80 valence electrons. The smallest absolute Gasteiger partial charge is 0.335 e. The normalized spacial score (nSPS) is 24.3. The fourth-order valence-electron chi connectivity index (χ4n) is 1.65. The van der Waals surface area contributed by atoms with Crippen LogP contribution in [0.1, 0.15) is 23.2 Å². The van der Waals surface area contributed by atoms with Gasteiger partial charge in [-0.2, -0.15) is 0 Å². The van der Waals surface area contributed by atoms with Crippen LogP contribution >= 0.6 is 0 Å². The number of rotatable bonds is 3. The number of aliphatic hydroxyl groups excluding tert-OH is 1. The Bertz CT molecular complexity index is 355. The standard InChI is InChI=1S/C11H13NO3/c13-10-5-9(6-10)12-8-3-1-7(2-4-8)11(14)15/h1-4,9-10,12-13H,5-6H2,(H,14,15). The molecule has 4 nitrogen and oxygen atoms in total. The van der Waals surface area contributed by atoms with Crippen LogP contribution in [0.25, 0.3) is 0 Å². The second-order valence-electron chi connectivity index (χ2n) is 3.85. The first kappa shape index (κ1) is 9.98. The first-order valence-corrected chi connectivity index (χ1v) is 4.93. The average Bonchev–Trinajstić information content (AvgIpc) is 2.16. The minimum absolute atomic E-state index is 0.180. The number of hydrogen-bond donors (Lipinski definition) is 3. The molecule has 0 heterocycles. The van der Waals surface area contributed by atoms with Gasteiger partial charge in [-0.25, -0.2) is 4.79 Å². The monoisotopic (exact) mass is 207 g/mol. The van der Waals surface area contributed by atoms with E-state index in [0.717, 1.165) is 18.5 Å². The van der Waals surface area contributed by atoms with Gasteiger partial charge >= 0.3 is 5.97 Å². The Labute approximate surface area is 87.6 Å². The van der Waals surface area contributed by atoms with E-state index in [4.69, 9.17) is 10.2 Å². The zero-order valence-corrected chi connectivity index (χ0v) is 8.18. The first-order chi connectivity index (χ1) is 7.15. The van der Waals surface area contributed by atoms with Gasteiger partial charge in [-0.1, -0.05) is 0 Å². The number of carboxylic acids is 1. The zero-order valence-electron chi connectivity index (χ0n) is 8.18. The van der Waals surface area contributed by atoms with Gasteiger partial charge in [0.25, 0.3) is 0 Å². The fraction of sp³-hybridized carbons (Fsp3) is 0.364. The molecule has 0 saturated heterocycles. The number of anilines is 1. The summed E-state index contributed by atoms with van der Waals surface area (Å²) in [6, 6.07) is 6.94. The Morgan fingerprint density at radius 2 is 1.87 bits per heavy atom. The van der Waals surface area contributed by atoms with Crippen molar-refractivity contribution in [1.29, 1.82) is 0 Å². The lowest BCUT2D eigenvalue weighted by atomic mass is 9.89. The maximum Gasteiger partial charge on any atom is 0.335 e. The Morgan fingerprint density at radius 3 is 2.33 bits per heavy atom. The van der Waals surface area contributed by atoms with Gasteiger partial charge in [0, 0.05) is 11.7 Å². The van der Waals surface area contributed by atoms with Gasteiger partial charge in [0.2, 0.25) is 0 Å². The van der Waals surface area contributed by atoms with Gasteiger partial charge in [0.1, 0.15) is 0 Å². The van der Waals surface area contributed by atoms with Gasteiger partial charge in [0.15, 0.2) is 0 Å². The molecule has 0 atom stereocenters.